The number of hydrogen-bond donors (Lipinski definition) is 0. The summed E-state index contributed by atoms with van der Waals surface area (Å²) in [6.07, 6.45) is -4.48. The van der Waals surface area contributed by atoms with E-state index >= 15 is 0 Å². The lowest BCUT2D eigenvalue weighted by molar-refractivity contribution is -0.137. The van der Waals surface area contributed by atoms with Crippen molar-refractivity contribution in [1.29, 1.82) is 0 Å². The summed E-state index contributed by atoms with van der Waals surface area (Å²) in [5.41, 5.74) is -0.438. The van der Waals surface area contributed by atoms with Gasteiger partial charge in [0, 0.05) is 44.5 Å². The van der Waals surface area contributed by atoms with Crippen molar-refractivity contribution in [2.45, 2.75) is 12.4 Å². The number of pyridine rings is 2. The molecule has 0 amide bonds. The molecule has 0 fully saturated rings. The van der Waals surface area contributed by atoms with E-state index in [1.54, 1.807) is 84.9 Å². The molecule has 3 aromatic carbocycles. The van der Waals surface area contributed by atoms with E-state index in [9.17, 15) is 26.3 Å². The molecule has 4 nitrogen and oxygen atoms in total. The second-order valence-electron chi connectivity index (χ2n) is 10.9. The smallest absolute Gasteiger partial charge is 0.419 e. The summed E-state index contributed by atoms with van der Waals surface area (Å²) in [6.45, 7) is 0. The third kappa shape index (κ3) is 5.88. The number of alkyl halides is 6. The van der Waals surface area contributed by atoms with Crippen molar-refractivity contribution < 1.29 is 35.2 Å². The lowest BCUT2D eigenvalue weighted by Gasteiger charge is -2.19. The van der Waals surface area contributed by atoms with Crippen LogP contribution in [0, 0.1) is 0 Å². The van der Waals surface area contributed by atoms with Crippen LogP contribution in [0.4, 0.5) is 26.3 Å². The van der Waals surface area contributed by atoms with Crippen LogP contribution in [0.15, 0.2) is 143 Å². The van der Waals surface area contributed by atoms with Crippen molar-refractivity contribution >= 4 is 0 Å². The third-order valence-electron chi connectivity index (χ3n) is 7.82. The predicted molar refractivity (Wildman–Crippen MR) is 169 cm³/mol. The summed E-state index contributed by atoms with van der Waals surface area (Å²) < 4.78 is 98.4. The molecule has 0 aliphatic rings. The van der Waals surface area contributed by atoms with Crippen LogP contribution in [0.2, 0.25) is 0 Å². The first kappa shape index (κ1) is 30.7. The van der Waals surface area contributed by atoms with Crippen LogP contribution in [0.3, 0.4) is 0 Å². The Hall–Kier alpha value is -5.90. The molecule has 0 N–H and O–H groups in total. The van der Waals surface area contributed by atoms with Crippen molar-refractivity contribution in [3.05, 3.63) is 145 Å². The molecule has 0 radical (unpaired) electrons. The number of benzene rings is 3. The van der Waals surface area contributed by atoms with Crippen LogP contribution in [0.5, 0.6) is 0 Å². The Morgan fingerprint density at radius 3 is 1.17 bits per heavy atom. The van der Waals surface area contributed by atoms with Gasteiger partial charge in [-0.25, -0.2) is 9.97 Å². The summed E-state index contributed by atoms with van der Waals surface area (Å²) >= 11 is 0. The van der Waals surface area contributed by atoms with Crippen molar-refractivity contribution in [2.24, 2.45) is 0 Å². The first-order valence-corrected chi connectivity index (χ1v) is 14.6. The average molecular weight is 653 g/mol. The van der Waals surface area contributed by atoms with Gasteiger partial charge in [0.1, 0.15) is 0 Å². The predicted octanol–water partition coefficient (Wildman–Crippen LogP) is 11.7. The molecule has 0 aliphatic carbocycles. The van der Waals surface area contributed by atoms with E-state index in [1.807, 2.05) is 0 Å². The SMILES string of the molecule is FC(F)(F)c1c(-c2ccoc2)cc(-c2cccc(-c3cc(-c4ccoc4)c(C(F)(F)F)c(-c4ccccc4)n3)c2)nc1-c1ccccc1. The van der Waals surface area contributed by atoms with Gasteiger partial charge in [0.15, 0.2) is 0 Å². The zero-order valence-corrected chi connectivity index (χ0v) is 24.7. The van der Waals surface area contributed by atoms with Crippen molar-refractivity contribution in [1.82, 2.24) is 9.97 Å². The van der Waals surface area contributed by atoms with E-state index in [4.69, 9.17) is 8.83 Å². The molecule has 0 bridgehead atoms. The second-order valence-corrected chi connectivity index (χ2v) is 10.9. The minimum absolute atomic E-state index is 0.133. The monoisotopic (exact) mass is 652 g/mol. The number of rotatable bonds is 6. The number of aromatic nitrogens is 2. The Bertz CT molecular complexity index is 2040. The molecule has 0 spiro atoms. The highest BCUT2D eigenvalue weighted by atomic mass is 19.4. The lowest BCUT2D eigenvalue weighted by atomic mass is 9.93. The van der Waals surface area contributed by atoms with Crippen LogP contribution in [-0.2, 0) is 12.4 Å². The van der Waals surface area contributed by atoms with Crippen LogP contribution in [0.1, 0.15) is 11.1 Å². The standard InChI is InChI=1S/C38H22F6N2O2/c39-37(40,41)33-29(27-14-16-47-21-27)19-31(45-35(33)23-8-3-1-4-9-23)25-12-7-13-26(18-25)32-20-30(28-15-17-48-22-28)34(38(42,43)44)36(46-32)24-10-5-2-6-11-24/h1-22H. The second kappa shape index (κ2) is 12.0. The maximum atomic E-state index is 14.7. The summed E-state index contributed by atoms with van der Waals surface area (Å²) in [5.74, 6) is 0. The highest BCUT2D eigenvalue weighted by molar-refractivity contribution is 5.84. The lowest BCUT2D eigenvalue weighted by Crippen LogP contribution is -2.12. The molecule has 0 saturated heterocycles. The van der Waals surface area contributed by atoms with E-state index in [0.717, 1.165) is 0 Å². The van der Waals surface area contributed by atoms with E-state index < -0.39 is 23.5 Å². The van der Waals surface area contributed by atoms with Crippen LogP contribution >= 0.6 is 0 Å². The Morgan fingerprint density at radius 1 is 0.417 bits per heavy atom. The van der Waals surface area contributed by atoms with Gasteiger partial charge in [0.2, 0.25) is 0 Å². The van der Waals surface area contributed by atoms with Gasteiger partial charge in [-0.1, -0.05) is 78.9 Å². The molecule has 10 heteroatoms. The van der Waals surface area contributed by atoms with Gasteiger partial charge < -0.3 is 8.83 Å². The fourth-order valence-corrected chi connectivity index (χ4v) is 5.70. The first-order chi connectivity index (χ1) is 23.1. The number of furan rings is 2. The molecular weight excluding hydrogens is 630 g/mol. The molecule has 7 rings (SSSR count). The minimum Gasteiger partial charge on any atom is -0.472 e. The zero-order chi connectivity index (χ0) is 33.5. The van der Waals surface area contributed by atoms with Gasteiger partial charge in [0.05, 0.1) is 59.0 Å². The average Bonchev–Trinajstić information content (AvgIpc) is 3.83. The molecule has 0 atom stereocenters. The summed E-state index contributed by atoms with van der Waals surface area (Å²) in [4.78, 5) is 9.05. The van der Waals surface area contributed by atoms with Gasteiger partial charge in [-0.2, -0.15) is 26.3 Å². The molecule has 0 unspecified atom stereocenters. The summed E-state index contributed by atoms with van der Waals surface area (Å²) in [6, 6.07) is 28.3. The molecule has 0 aliphatic heterocycles. The van der Waals surface area contributed by atoms with E-state index in [1.165, 1.54) is 49.3 Å². The Morgan fingerprint density at radius 2 is 0.812 bits per heavy atom. The molecule has 238 valence electrons. The zero-order valence-electron chi connectivity index (χ0n) is 24.7. The molecule has 4 heterocycles. The minimum atomic E-state index is -4.76. The van der Waals surface area contributed by atoms with Gasteiger partial charge in [-0.15, -0.1) is 0 Å². The van der Waals surface area contributed by atoms with Crippen LogP contribution in [0.25, 0.3) is 67.3 Å². The number of halogens is 6. The Labute approximate surface area is 270 Å². The normalized spacial score (nSPS) is 12.0. The number of hydrogen-bond acceptors (Lipinski definition) is 4. The molecule has 4 aromatic heterocycles. The van der Waals surface area contributed by atoms with E-state index in [-0.39, 0.29) is 56.2 Å². The van der Waals surface area contributed by atoms with E-state index in [2.05, 4.69) is 9.97 Å². The fraction of sp³-hybridized carbons (Fsp3) is 0.0526. The summed E-state index contributed by atoms with van der Waals surface area (Å²) in [7, 11) is 0. The Balaban J connectivity index is 1.46. The largest absolute Gasteiger partial charge is 0.472 e. The van der Waals surface area contributed by atoms with Gasteiger partial charge in [-0.05, 0) is 30.3 Å². The number of nitrogens with zero attached hydrogens (tertiary/aromatic N) is 2. The highest BCUT2D eigenvalue weighted by Crippen LogP contribution is 2.46. The van der Waals surface area contributed by atoms with Crippen molar-refractivity contribution in [2.75, 3.05) is 0 Å². The maximum absolute atomic E-state index is 14.7. The fourth-order valence-electron chi connectivity index (χ4n) is 5.70. The first-order valence-electron chi connectivity index (χ1n) is 14.6. The van der Waals surface area contributed by atoms with Crippen molar-refractivity contribution in [3.8, 4) is 67.3 Å². The quantitative estimate of drug-likeness (QED) is 0.168. The summed E-state index contributed by atoms with van der Waals surface area (Å²) in [5, 5.41) is 0. The van der Waals surface area contributed by atoms with E-state index in [0.29, 0.717) is 11.1 Å². The van der Waals surface area contributed by atoms with Gasteiger partial charge in [-0.3, -0.25) is 0 Å². The highest BCUT2D eigenvalue weighted by Gasteiger charge is 2.40. The Kier molecular flexibility index (Phi) is 7.71. The van der Waals surface area contributed by atoms with Gasteiger partial charge >= 0.3 is 12.4 Å². The van der Waals surface area contributed by atoms with Crippen molar-refractivity contribution in [3.63, 3.8) is 0 Å². The van der Waals surface area contributed by atoms with Crippen LogP contribution in [-0.4, -0.2) is 9.97 Å². The molecule has 0 saturated carbocycles. The molecule has 48 heavy (non-hydrogen) atoms. The third-order valence-corrected chi connectivity index (χ3v) is 7.82. The topological polar surface area (TPSA) is 52.1 Å². The molecular formula is C38H22F6N2O2. The maximum Gasteiger partial charge on any atom is 0.419 e. The van der Waals surface area contributed by atoms with Gasteiger partial charge in [0.25, 0.3) is 0 Å². The van der Waals surface area contributed by atoms with Crippen LogP contribution < -0.4 is 0 Å². The molecule has 7 aromatic rings.